The zero-order valence-electron chi connectivity index (χ0n) is 14.1. The van der Waals surface area contributed by atoms with Crippen molar-refractivity contribution in [2.24, 2.45) is 0 Å². The van der Waals surface area contributed by atoms with E-state index < -0.39 is 12.1 Å². The summed E-state index contributed by atoms with van der Waals surface area (Å²) >= 11 is 2.07. The molecule has 126 valence electrons. The van der Waals surface area contributed by atoms with Gasteiger partial charge in [0.25, 0.3) is 5.91 Å². The molecule has 0 heterocycles. The summed E-state index contributed by atoms with van der Waals surface area (Å²) in [5.74, 6) is -0.843. The third-order valence-electron chi connectivity index (χ3n) is 3.67. The van der Waals surface area contributed by atoms with Gasteiger partial charge in [-0.15, -0.1) is 0 Å². The topological polar surface area (TPSA) is 55.4 Å². The molecule has 5 heteroatoms. The Morgan fingerprint density at radius 2 is 1.67 bits per heavy atom. The number of esters is 1. The van der Waals surface area contributed by atoms with Gasteiger partial charge in [-0.05, 0) is 73.5 Å². The van der Waals surface area contributed by atoms with Gasteiger partial charge in [0, 0.05) is 9.26 Å². The SMILES string of the molecule is Cc1cc(C)c(NC(=O)C(C)OC(=O)c2ccccc2I)c(C)c1. The minimum absolute atomic E-state index is 0.343. The monoisotopic (exact) mass is 437 g/mol. The molecule has 0 spiro atoms. The number of nitrogens with one attached hydrogen (secondary N) is 1. The molecule has 0 aromatic heterocycles. The van der Waals surface area contributed by atoms with Crippen LogP contribution in [0.15, 0.2) is 36.4 Å². The van der Waals surface area contributed by atoms with Crippen LogP contribution in [0.25, 0.3) is 0 Å². The Hall–Kier alpha value is -1.89. The maximum atomic E-state index is 12.4. The molecule has 0 fully saturated rings. The highest BCUT2D eigenvalue weighted by Gasteiger charge is 2.21. The summed E-state index contributed by atoms with van der Waals surface area (Å²) in [5, 5.41) is 2.86. The average molecular weight is 437 g/mol. The van der Waals surface area contributed by atoms with Crippen molar-refractivity contribution in [1.82, 2.24) is 0 Å². The van der Waals surface area contributed by atoms with Crippen molar-refractivity contribution in [3.8, 4) is 0 Å². The number of aryl methyl sites for hydroxylation is 3. The van der Waals surface area contributed by atoms with Gasteiger partial charge in [0.1, 0.15) is 0 Å². The van der Waals surface area contributed by atoms with Gasteiger partial charge >= 0.3 is 5.97 Å². The molecule has 0 saturated heterocycles. The van der Waals surface area contributed by atoms with Crippen LogP contribution >= 0.6 is 22.6 Å². The van der Waals surface area contributed by atoms with Crippen molar-refractivity contribution in [2.45, 2.75) is 33.8 Å². The zero-order valence-corrected chi connectivity index (χ0v) is 16.3. The third-order valence-corrected chi connectivity index (χ3v) is 4.61. The molecule has 1 N–H and O–H groups in total. The number of hydrogen-bond acceptors (Lipinski definition) is 3. The van der Waals surface area contributed by atoms with E-state index in [1.165, 1.54) is 0 Å². The maximum absolute atomic E-state index is 12.4. The standard InChI is InChI=1S/C19H20INO3/c1-11-9-12(2)17(13(3)10-11)21-18(22)14(4)24-19(23)15-7-5-6-8-16(15)20/h5-10,14H,1-4H3,(H,21,22). The normalized spacial score (nSPS) is 11.7. The number of hydrogen-bond donors (Lipinski definition) is 1. The van der Waals surface area contributed by atoms with Crippen molar-refractivity contribution < 1.29 is 14.3 Å². The number of benzene rings is 2. The predicted octanol–water partition coefficient (Wildman–Crippen LogP) is 4.40. The fourth-order valence-electron chi connectivity index (χ4n) is 2.51. The van der Waals surface area contributed by atoms with E-state index in [1.807, 2.05) is 45.0 Å². The molecular weight excluding hydrogens is 417 g/mol. The molecule has 1 unspecified atom stereocenters. The van der Waals surface area contributed by atoms with E-state index >= 15 is 0 Å². The minimum Gasteiger partial charge on any atom is -0.449 e. The largest absolute Gasteiger partial charge is 0.449 e. The second-order valence-corrected chi connectivity index (χ2v) is 6.95. The molecule has 0 aliphatic heterocycles. The highest BCUT2D eigenvalue weighted by molar-refractivity contribution is 14.1. The van der Waals surface area contributed by atoms with Crippen LogP contribution in [-0.2, 0) is 9.53 Å². The fraction of sp³-hybridized carbons (Fsp3) is 0.263. The zero-order chi connectivity index (χ0) is 17.9. The van der Waals surface area contributed by atoms with E-state index in [0.29, 0.717) is 5.56 Å². The summed E-state index contributed by atoms with van der Waals surface area (Å²) in [6.45, 7) is 7.47. The Balaban J connectivity index is 2.08. The molecule has 24 heavy (non-hydrogen) atoms. The number of ether oxygens (including phenoxy) is 1. The van der Waals surface area contributed by atoms with Gasteiger partial charge in [0.05, 0.1) is 5.56 Å². The number of carbonyl (C=O) groups is 2. The van der Waals surface area contributed by atoms with Gasteiger partial charge in [-0.2, -0.15) is 0 Å². The maximum Gasteiger partial charge on any atom is 0.339 e. The van der Waals surface area contributed by atoms with Gasteiger partial charge in [-0.3, -0.25) is 4.79 Å². The van der Waals surface area contributed by atoms with Crippen LogP contribution in [0.4, 0.5) is 5.69 Å². The summed E-state index contributed by atoms with van der Waals surface area (Å²) in [7, 11) is 0. The molecule has 0 aliphatic rings. The molecule has 0 bridgehead atoms. The summed E-state index contributed by atoms with van der Waals surface area (Å²) in [6.07, 6.45) is -0.881. The molecule has 1 amide bonds. The van der Waals surface area contributed by atoms with E-state index in [0.717, 1.165) is 25.9 Å². The van der Waals surface area contributed by atoms with E-state index in [2.05, 4.69) is 27.9 Å². The van der Waals surface area contributed by atoms with E-state index in [-0.39, 0.29) is 5.91 Å². The highest BCUT2D eigenvalue weighted by Crippen LogP contribution is 2.22. The Morgan fingerprint density at radius 3 is 2.25 bits per heavy atom. The second-order valence-electron chi connectivity index (χ2n) is 5.79. The number of amides is 1. The molecule has 0 radical (unpaired) electrons. The quantitative estimate of drug-likeness (QED) is 0.570. The Morgan fingerprint density at radius 1 is 1.08 bits per heavy atom. The molecule has 0 aliphatic carbocycles. The van der Waals surface area contributed by atoms with Gasteiger partial charge in [-0.25, -0.2) is 4.79 Å². The first kappa shape index (κ1) is 18.4. The van der Waals surface area contributed by atoms with Crippen LogP contribution in [0.5, 0.6) is 0 Å². The van der Waals surface area contributed by atoms with Crippen molar-refractivity contribution in [2.75, 3.05) is 5.32 Å². The van der Waals surface area contributed by atoms with Crippen LogP contribution < -0.4 is 5.32 Å². The lowest BCUT2D eigenvalue weighted by Gasteiger charge is -2.17. The summed E-state index contributed by atoms with van der Waals surface area (Å²) in [4.78, 5) is 24.6. The number of anilines is 1. The first-order valence-electron chi connectivity index (χ1n) is 7.64. The number of carbonyl (C=O) groups excluding carboxylic acids is 2. The van der Waals surface area contributed by atoms with Crippen LogP contribution in [0.2, 0.25) is 0 Å². The van der Waals surface area contributed by atoms with Crippen LogP contribution in [-0.4, -0.2) is 18.0 Å². The summed E-state index contributed by atoms with van der Waals surface area (Å²) in [6, 6.07) is 11.1. The Kier molecular flexibility index (Phi) is 5.99. The Labute approximate surface area is 155 Å². The van der Waals surface area contributed by atoms with Crippen molar-refractivity contribution >= 4 is 40.2 Å². The van der Waals surface area contributed by atoms with Crippen molar-refractivity contribution in [3.63, 3.8) is 0 Å². The minimum atomic E-state index is -0.881. The van der Waals surface area contributed by atoms with Gasteiger partial charge in [-0.1, -0.05) is 29.8 Å². The van der Waals surface area contributed by atoms with Crippen LogP contribution in [0, 0.1) is 24.3 Å². The van der Waals surface area contributed by atoms with Crippen molar-refractivity contribution in [3.05, 3.63) is 62.2 Å². The molecule has 0 saturated carbocycles. The second kappa shape index (κ2) is 7.79. The van der Waals surface area contributed by atoms with Crippen LogP contribution in [0.1, 0.15) is 34.0 Å². The van der Waals surface area contributed by atoms with Crippen molar-refractivity contribution in [1.29, 1.82) is 0 Å². The molecule has 2 rings (SSSR count). The Bertz CT molecular complexity index is 763. The molecule has 2 aromatic carbocycles. The lowest BCUT2D eigenvalue weighted by Crippen LogP contribution is -2.30. The predicted molar refractivity (Wildman–Crippen MR) is 103 cm³/mol. The lowest BCUT2D eigenvalue weighted by atomic mass is 10.0. The first-order chi connectivity index (χ1) is 11.3. The smallest absolute Gasteiger partial charge is 0.339 e. The lowest BCUT2D eigenvalue weighted by molar-refractivity contribution is -0.123. The van der Waals surface area contributed by atoms with Gasteiger partial charge < -0.3 is 10.1 Å². The molecule has 4 nitrogen and oxygen atoms in total. The average Bonchev–Trinajstić information content (AvgIpc) is 2.50. The van der Waals surface area contributed by atoms with E-state index in [1.54, 1.807) is 19.1 Å². The summed E-state index contributed by atoms with van der Waals surface area (Å²) in [5.41, 5.74) is 4.33. The number of halogens is 1. The molecule has 2 aromatic rings. The van der Waals surface area contributed by atoms with Gasteiger partial charge in [0.15, 0.2) is 6.10 Å². The van der Waals surface area contributed by atoms with E-state index in [4.69, 9.17) is 4.74 Å². The first-order valence-corrected chi connectivity index (χ1v) is 8.71. The number of rotatable bonds is 4. The highest BCUT2D eigenvalue weighted by atomic mass is 127. The third kappa shape index (κ3) is 4.35. The fourth-order valence-corrected chi connectivity index (χ4v) is 3.11. The molecular formula is C19H20INO3. The summed E-state index contributed by atoms with van der Waals surface area (Å²) < 4.78 is 6.09. The van der Waals surface area contributed by atoms with E-state index in [9.17, 15) is 9.59 Å². The van der Waals surface area contributed by atoms with Crippen LogP contribution in [0.3, 0.4) is 0 Å². The molecule has 1 atom stereocenters. The van der Waals surface area contributed by atoms with Gasteiger partial charge in [0.2, 0.25) is 0 Å².